The van der Waals surface area contributed by atoms with Gasteiger partial charge in [0.25, 0.3) is 5.91 Å². The molecule has 94 valence electrons. The number of amides is 1. The van der Waals surface area contributed by atoms with Crippen molar-refractivity contribution in [2.45, 2.75) is 6.04 Å². The van der Waals surface area contributed by atoms with Gasteiger partial charge >= 0.3 is 0 Å². The number of nitrogens with two attached hydrogens (primary N) is 1. The van der Waals surface area contributed by atoms with Gasteiger partial charge in [-0.2, -0.15) is 0 Å². The molecular weight excluding hydrogens is 227 g/mol. The number of methoxy groups -OCH3 is 1. The maximum Gasteiger partial charge on any atom is 0.251 e. The molecular formula is C11H15FN2O3. The first kappa shape index (κ1) is 13.4. The summed E-state index contributed by atoms with van der Waals surface area (Å²) in [7, 11) is 1.45. The Morgan fingerprint density at radius 3 is 2.82 bits per heavy atom. The number of carbonyl (C=O) groups excluding carboxylic acids is 1. The van der Waals surface area contributed by atoms with Crippen LogP contribution in [0.25, 0.3) is 0 Å². The summed E-state index contributed by atoms with van der Waals surface area (Å²) >= 11 is 0. The molecule has 1 aromatic rings. The van der Waals surface area contributed by atoms with Crippen molar-refractivity contribution in [3.8, 4) is 0 Å². The highest BCUT2D eigenvalue weighted by Crippen LogP contribution is 2.10. The third-order valence-corrected chi connectivity index (χ3v) is 2.11. The fraction of sp³-hybridized carbons (Fsp3) is 0.364. The third-order valence-electron chi connectivity index (χ3n) is 2.11. The van der Waals surface area contributed by atoms with E-state index in [1.165, 1.54) is 13.2 Å². The van der Waals surface area contributed by atoms with Gasteiger partial charge in [-0.05, 0) is 18.2 Å². The molecule has 1 aromatic carbocycles. The largest absolute Gasteiger partial charge is 0.399 e. The topological polar surface area (TPSA) is 84.6 Å². The predicted octanol–water partition coefficient (Wildman–Crippen LogP) is 0.145. The summed E-state index contributed by atoms with van der Waals surface area (Å²) in [6.45, 7) is -0.0859. The van der Waals surface area contributed by atoms with Crippen molar-refractivity contribution in [1.82, 2.24) is 5.32 Å². The fourth-order valence-corrected chi connectivity index (χ4v) is 1.35. The maximum atomic E-state index is 13.0. The number of nitrogens with one attached hydrogen (secondary N) is 1. The van der Waals surface area contributed by atoms with Crippen LogP contribution in [0.4, 0.5) is 10.1 Å². The first-order valence-electron chi connectivity index (χ1n) is 5.03. The van der Waals surface area contributed by atoms with Crippen molar-refractivity contribution < 1.29 is 19.0 Å². The SMILES string of the molecule is COCC(CO)NC(=O)c1cc(N)cc(F)c1. The smallest absolute Gasteiger partial charge is 0.251 e. The van der Waals surface area contributed by atoms with Crippen LogP contribution in [0, 0.1) is 5.82 Å². The number of aliphatic hydroxyl groups is 1. The van der Waals surface area contributed by atoms with E-state index in [1.54, 1.807) is 0 Å². The molecule has 1 rings (SSSR count). The summed E-state index contributed by atoms with van der Waals surface area (Å²) in [5.74, 6) is -1.09. The van der Waals surface area contributed by atoms with Crippen molar-refractivity contribution >= 4 is 11.6 Å². The number of anilines is 1. The van der Waals surface area contributed by atoms with Gasteiger partial charge in [-0.1, -0.05) is 0 Å². The van der Waals surface area contributed by atoms with E-state index < -0.39 is 17.8 Å². The minimum atomic E-state index is -0.581. The minimum absolute atomic E-state index is 0.108. The number of rotatable bonds is 5. The van der Waals surface area contributed by atoms with Crippen molar-refractivity contribution in [3.63, 3.8) is 0 Å². The Hall–Kier alpha value is -1.66. The molecule has 0 saturated carbocycles. The van der Waals surface area contributed by atoms with Crippen LogP contribution >= 0.6 is 0 Å². The molecule has 1 amide bonds. The zero-order valence-electron chi connectivity index (χ0n) is 9.44. The van der Waals surface area contributed by atoms with Crippen LogP contribution in [-0.4, -0.2) is 37.4 Å². The molecule has 0 aromatic heterocycles. The molecule has 0 heterocycles. The van der Waals surface area contributed by atoms with E-state index in [0.717, 1.165) is 12.1 Å². The van der Waals surface area contributed by atoms with Gasteiger partial charge in [0.1, 0.15) is 5.82 Å². The molecule has 4 N–H and O–H groups in total. The Morgan fingerprint density at radius 2 is 2.29 bits per heavy atom. The standard InChI is InChI=1S/C11H15FN2O3/c1-17-6-10(5-15)14-11(16)7-2-8(12)4-9(13)3-7/h2-4,10,15H,5-6,13H2,1H3,(H,14,16). The number of halogens is 1. The number of ether oxygens (including phenoxy) is 1. The second kappa shape index (κ2) is 6.17. The molecule has 5 nitrogen and oxygen atoms in total. The van der Waals surface area contributed by atoms with Crippen LogP contribution in [0.3, 0.4) is 0 Å². The lowest BCUT2D eigenvalue weighted by Gasteiger charge is -2.15. The summed E-state index contributed by atoms with van der Waals surface area (Å²) in [6.07, 6.45) is 0. The molecule has 0 fully saturated rings. The zero-order valence-corrected chi connectivity index (χ0v) is 9.44. The third kappa shape index (κ3) is 4.01. The van der Waals surface area contributed by atoms with Crippen LogP contribution in [0.5, 0.6) is 0 Å². The van der Waals surface area contributed by atoms with Crippen LogP contribution in [0.15, 0.2) is 18.2 Å². The summed E-state index contributed by atoms with van der Waals surface area (Å²) in [4.78, 5) is 11.7. The normalized spacial score (nSPS) is 12.2. The van der Waals surface area contributed by atoms with Gasteiger partial charge < -0.3 is 20.9 Å². The number of carbonyl (C=O) groups is 1. The quantitative estimate of drug-likeness (QED) is 0.641. The van der Waals surface area contributed by atoms with E-state index >= 15 is 0 Å². The molecule has 0 radical (unpaired) electrons. The number of benzene rings is 1. The molecule has 1 unspecified atom stereocenters. The lowest BCUT2D eigenvalue weighted by atomic mass is 10.1. The van der Waals surface area contributed by atoms with Gasteiger partial charge in [-0.25, -0.2) is 4.39 Å². The van der Waals surface area contributed by atoms with Gasteiger partial charge in [-0.3, -0.25) is 4.79 Å². The molecule has 1 atom stereocenters. The summed E-state index contributed by atoms with van der Waals surface area (Å²) in [6, 6.07) is 3.03. The summed E-state index contributed by atoms with van der Waals surface area (Å²) < 4.78 is 17.8. The Bertz CT molecular complexity index is 378. The average Bonchev–Trinajstić information content (AvgIpc) is 2.27. The highest BCUT2D eigenvalue weighted by molar-refractivity contribution is 5.95. The van der Waals surface area contributed by atoms with Crippen LogP contribution in [0.1, 0.15) is 10.4 Å². The molecule has 0 spiro atoms. The van der Waals surface area contributed by atoms with E-state index in [1.807, 2.05) is 0 Å². The van der Waals surface area contributed by atoms with Crippen LogP contribution in [-0.2, 0) is 4.74 Å². The Kier molecular flexibility index (Phi) is 4.86. The molecule has 0 saturated heterocycles. The van der Waals surface area contributed by atoms with Crippen LogP contribution in [0.2, 0.25) is 0 Å². The molecule has 17 heavy (non-hydrogen) atoms. The lowest BCUT2D eigenvalue weighted by molar-refractivity contribution is 0.0839. The summed E-state index contributed by atoms with van der Waals surface area (Å²) in [5, 5.41) is 11.5. The van der Waals surface area contributed by atoms with Crippen molar-refractivity contribution in [2.75, 3.05) is 26.1 Å². The van der Waals surface area contributed by atoms with Crippen LogP contribution < -0.4 is 11.1 Å². The van der Waals surface area contributed by atoms with Gasteiger partial charge in [0.2, 0.25) is 0 Å². The molecule has 0 aliphatic rings. The second-order valence-corrected chi connectivity index (χ2v) is 3.58. The van der Waals surface area contributed by atoms with Crippen molar-refractivity contribution in [1.29, 1.82) is 0 Å². The first-order valence-corrected chi connectivity index (χ1v) is 5.03. The highest BCUT2D eigenvalue weighted by Gasteiger charge is 2.13. The Morgan fingerprint density at radius 1 is 1.59 bits per heavy atom. The Balaban J connectivity index is 2.75. The number of nitrogen functional groups attached to an aromatic ring is 1. The van der Waals surface area contributed by atoms with Gasteiger partial charge in [-0.15, -0.1) is 0 Å². The van der Waals surface area contributed by atoms with E-state index in [0.29, 0.717) is 0 Å². The van der Waals surface area contributed by atoms with E-state index in [9.17, 15) is 9.18 Å². The van der Waals surface area contributed by atoms with Gasteiger partial charge in [0.05, 0.1) is 19.3 Å². The van der Waals surface area contributed by atoms with Crippen molar-refractivity contribution in [2.24, 2.45) is 0 Å². The summed E-state index contributed by atoms with van der Waals surface area (Å²) in [5.41, 5.74) is 5.70. The fourth-order valence-electron chi connectivity index (χ4n) is 1.35. The molecule has 0 bridgehead atoms. The molecule has 6 heteroatoms. The predicted molar refractivity (Wildman–Crippen MR) is 61.0 cm³/mol. The first-order chi connectivity index (χ1) is 8.06. The number of hydrogen-bond acceptors (Lipinski definition) is 4. The average molecular weight is 242 g/mol. The van der Waals surface area contributed by atoms with E-state index in [-0.39, 0.29) is 24.5 Å². The lowest BCUT2D eigenvalue weighted by Crippen LogP contribution is -2.40. The second-order valence-electron chi connectivity index (χ2n) is 3.58. The highest BCUT2D eigenvalue weighted by atomic mass is 19.1. The molecule has 0 aliphatic heterocycles. The van der Waals surface area contributed by atoms with E-state index in [4.69, 9.17) is 15.6 Å². The molecule has 0 aliphatic carbocycles. The number of hydrogen-bond donors (Lipinski definition) is 3. The van der Waals surface area contributed by atoms with Crippen molar-refractivity contribution in [3.05, 3.63) is 29.6 Å². The monoisotopic (exact) mass is 242 g/mol. The van der Waals surface area contributed by atoms with Gasteiger partial charge in [0.15, 0.2) is 0 Å². The van der Waals surface area contributed by atoms with Gasteiger partial charge in [0, 0.05) is 18.4 Å². The minimum Gasteiger partial charge on any atom is -0.399 e. The maximum absolute atomic E-state index is 13.0. The Labute approximate surface area is 98.4 Å². The number of aliphatic hydroxyl groups excluding tert-OH is 1. The zero-order chi connectivity index (χ0) is 12.8. The van der Waals surface area contributed by atoms with E-state index in [2.05, 4.69) is 5.32 Å².